The molecule has 1 heterocycles. The summed E-state index contributed by atoms with van der Waals surface area (Å²) in [5.74, 6) is -0.643. The number of hydrogen-bond donors (Lipinski definition) is 0. The van der Waals surface area contributed by atoms with Gasteiger partial charge < -0.3 is 9.47 Å². The first-order chi connectivity index (χ1) is 14.5. The molecule has 0 atom stereocenters. The topological polar surface area (TPSA) is 65.0 Å². The van der Waals surface area contributed by atoms with Crippen LogP contribution < -0.4 is 4.74 Å². The van der Waals surface area contributed by atoms with Crippen molar-refractivity contribution >= 4 is 47.1 Å². The van der Waals surface area contributed by atoms with Crippen LogP contribution in [0.25, 0.3) is 6.08 Å². The predicted molar refractivity (Wildman–Crippen MR) is 115 cm³/mol. The molecule has 30 heavy (non-hydrogen) atoms. The van der Waals surface area contributed by atoms with Crippen molar-refractivity contribution in [1.29, 1.82) is 0 Å². The molecule has 0 N–H and O–H groups in total. The van der Waals surface area contributed by atoms with Gasteiger partial charge in [-0.3, -0.25) is 0 Å². The molecular formula is C23H13Cl2NO4. The lowest BCUT2D eigenvalue weighted by atomic mass is 10.2. The molecule has 0 fully saturated rings. The molecule has 1 aliphatic heterocycles. The highest BCUT2D eigenvalue weighted by Gasteiger charge is 2.25. The molecule has 3 aromatic carbocycles. The Bertz CT molecular complexity index is 1200. The number of nitrogens with zero attached hydrogens (tertiary/aromatic N) is 1. The molecule has 0 amide bonds. The summed E-state index contributed by atoms with van der Waals surface area (Å²) in [6.45, 7) is 0. The number of halogens is 2. The van der Waals surface area contributed by atoms with Crippen molar-refractivity contribution in [2.75, 3.05) is 0 Å². The molecule has 4 rings (SSSR count). The Morgan fingerprint density at radius 2 is 1.77 bits per heavy atom. The summed E-state index contributed by atoms with van der Waals surface area (Å²) < 4.78 is 10.6. The highest BCUT2D eigenvalue weighted by Crippen LogP contribution is 2.26. The number of esters is 2. The van der Waals surface area contributed by atoms with Crippen LogP contribution in [0.1, 0.15) is 21.5 Å². The third-order valence-electron chi connectivity index (χ3n) is 4.16. The SMILES string of the molecule is O=C1OC(c2ccc(Cl)cc2Cl)=N/C1=C\c1cccc(OC(=O)c2ccccc2)c1. The van der Waals surface area contributed by atoms with Gasteiger partial charge in [-0.05, 0) is 54.1 Å². The van der Waals surface area contributed by atoms with E-state index >= 15 is 0 Å². The van der Waals surface area contributed by atoms with E-state index < -0.39 is 11.9 Å². The summed E-state index contributed by atoms with van der Waals surface area (Å²) in [4.78, 5) is 28.7. The first kappa shape index (κ1) is 19.9. The minimum atomic E-state index is -0.609. The predicted octanol–water partition coefficient (Wildman–Crippen LogP) is 5.56. The summed E-state index contributed by atoms with van der Waals surface area (Å²) in [6, 6.07) is 20.2. The zero-order valence-corrected chi connectivity index (χ0v) is 16.9. The normalized spacial score (nSPS) is 14.4. The molecule has 5 nitrogen and oxygen atoms in total. The van der Waals surface area contributed by atoms with Gasteiger partial charge in [-0.15, -0.1) is 0 Å². The number of benzene rings is 3. The van der Waals surface area contributed by atoms with E-state index in [-0.39, 0.29) is 11.6 Å². The van der Waals surface area contributed by atoms with Crippen LogP contribution in [0.15, 0.2) is 83.5 Å². The average molecular weight is 438 g/mol. The van der Waals surface area contributed by atoms with Crippen molar-refractivity contribution in [2.24, 2.45) is 4.99 Å². The van der Waals surface area contributed by atoms with E-state index in [2.05, 4.69) is 4.99 Å². The number of carbonyl (C=O) groups is 2. The van der Waals surface area contributed by atoms with Crippen molar-refractivity contribution in [1.82, 2.24) is 0 Å². The molecule has 0 saturated heterocycles. The average Bonchev–Trinajstić information content (AvgIpc) is 3.09. The summed E-state index contributed by atoms with van der Waals surface area (Å²) in [5, 5.41) is 0.788. The quantitative estimate of drug-likeness (QED) is 0.304. The van der Waals surface area contributed by atoms with E-state index in [0.717, 1.165) is 0 Å². The Morgan fingerprint density at radius 1 is 0.967 bits per heavy atom. The molecule has 0 bridgehead atoms. The number of ether oxygens (including phenoxy) is 2. The van der Waals surface area contributed by atoms with Crippen LogP contribution in [-0.2, 0) is 9.53 Å². The number of carbonyl (C=O) groups excluding carboxylic acids is 2. The first-order valence-corrected chi connectivity index (χ1v) is 9.60. The van der Waals surface area contributed by atoms with E-state index in [4.69, 9.17) is 32.7 Å². The van der Waals surface area contributed by atoms with Gasteiger partial charge in [0.15, 0.2) is 5.70 Å². The zero-order valence-electron chi connectivity index (χ0n) is 15.3. The third kappa shape index (κ3) is 4.43. The van der Waals surface area contributed by atoms with Crippen molar-refractivity contribution in [3.8, 4) is 5.75 Å². The molecule has 0 aliphatic carbocycles. The van der Waals surface area contributed by atoms with Gasteiger partial charge in [0.25, 0.3) is 0 Å². The highest BCUT2D eigenvalue weighted by atomic mass is 35.5. The monoisotopic (exact) mass is 437 g/mol. The second-order valence-electron chi connectivity index (χ2n) is 6.29. The minimum absolute atomic E-state index is 0.0968. The number of rotatable bonds is 4. The Labute approximate surface area is 182 Å². The van der Waals surface area contributed by atoms with Gasteiger partial charge in [0, 0.05) is 5.02 Å². The number of aliphatic imine (C=N–C) groups is 1. The molecular weight excluding hydrogens is 425 g/mol. The molecule has 0 spiro atoms. The van der Waals surface area contributed by atoms with Crippen molar-refractivity contribution in [2.45, 2.75) is 0 Å². The minimum Gasteiger partial charge on any atom is -0.423 e. The Kier molecular flexibility index (Phi) is 5.65. The number of cyclic esters (lactones) is 1. The van der Waals surface area contributed by atoms with Crippen LogP contribution in [0, 0.1) is 0 Å². The maximum atomic E-state index is 12.2. The molecule has 3 aromatic rings. The van der Waals surface area contributed by atoms with Crippen LogP contribution in [0.2, 0.25) is 10.0 Å². The summed E-state index contributed by atoms with van der Waals surface area (Å²) in [7, 11) is 0. The summed E-state index contributed by atoms with van der Waals surface area (Å²) in [6.07, 6.45) is 1.54. The van der Waals surface area contributed by atoms with Gasteiger partial charge in [0.1, 0.15) is 5.75 Å². The van der Waals surface area contributed by atoms with Gasteiger partial charge in [-0.1, -0.05) is 53.5 Å². The van der Waals surface area contributed by atoms with Crippen LogP contribution in [0.5, 0.6) is 5.75 Å². The smallest absolute Gasteiger partial charge is 0.363 e. The van der Waals surface area contributed by atoms with E-state index in [1.807, 2.05) is 6.07 Å². The second kappa shape index (κ2) is 8.53. The second-order valence-corrected chi connectivity index (χ2v) is 7.13. The van der Waals surface area contributed by atoms with Crippen molar-refractivity contribution < 1.29 is 19.1 Å². The summed E-state index contributed by atoms with van der Waals surface area (Å²) in [5.41, 5.74) is 1.62. The molecule has 148 valence electrons. The van der Waals surface area contributed by atoms with Gasteiger partial charge in [0.05, 0.1) is 16.1 Å². The van der Waals surface area contributed by atoms with Crippen LogP contribution in [-0.4, -0.2) is 17.8 Å². The molecule has 0 saturated carbocycles. The van der Waals surface area contributed by atoms with E-state index in [1.165, 1.54) is 0 Å². The molecule has 0 radical (unpaired) electrons. The Morgan fingerprint density at radius 3 is 2.53 bits per heavy atom. The Balaban J connectivity index is 1.57. The third-order valence-corrected chi connectivity index (χ3v) is 4.71. The number of hydrogen-bond acceptors (Lipinski definition) is 5. The van der Waals surface area contributed by atoms with E-state index in [1.54, 1.807) is 72.8 Å². The van der Waals surface area contributed by atoms with Gasteiger partial charge in [0.2, 0.25) is 5.90 Å². The molecule has 0 unspecified atom stereocenters. The zero-order chi connectivity index (χ0) is 21.1. The lowest BCUT2D eigenvalue weighted by molar-refractivity contribution is -0.129. The fourth-order valence-electron chi connectivity index (χ4n) is 2.75. The standard InChI is InChI=1S/C23H13Cl2NO4/c24-16-9-10-18(19(25)13-16)21-26-20(23(28)30-21)12-14-5-4-8-17(11-14)29-22(27)15-6-2-1-3-7-15/h1-13H/b20-12-. The highest BCUT2D eigenvalue weighted by molar-refractivity contribution is 6.37. The molecule has 1 aliphatic rings. The van der Waals surface area contributed by atoms with Gasteiger partial charge in [-0.2, -0.15) is 0 Å². The fourth-order valence-corrected chi connectivity index (χ4v) is 3.24. The van der Waals surface area contributed by atoms with Crippen LogP contribution >= 0.6 is 23.2 Å². The molecule has 7 heteroatoms. The maximum Gasteiger partial charge on any atom is 0.363 e. The largest absolute Gasteiger partial charge is 0.423 e. The van der Waals surface area contributed by atoms with Gasteiger partial charge >= 0.3 is 11.9 Å². The summed E-state index contributed by atoms with van der Waals surface area (Å²) >= 11 is 12.1. The first-order valence-electron chi connectivity index (χ1n) is 8.85. The van der Waals surface area contributed by atoms with Gasteiger partial charge in [-0.25, -0.2) is 14.6 Å². The van der Waals surface area contributed by atoms with Crippen molar-refractivity contribution in [3.63, 3.8) is 0 Å². The van der Waals surface area contributed by atoms with E-state index in [9.17, 15) is 9.59 Å². The lowest BCUT2D eigenvalue weighted by Gasteiger charge is -2.05. The van der Waals surface area contributed by atoms with Crippen LogP contribution in [0.3, 0.4) is 0 Å². The molecule has 0 aromatic heterocycles. The van der Waals surface area contributed by atoms with E-state index in [0.29, 0.717) is 32.5 Å². The fraction of sp³-hybridized carbons (Fsp3) is 0. The maximum absolute atomic E-state index is 12.2. The van der Waals surface area contributed by atoms with Crippen molar-refractivity contribution in [3.05, 3.63) is 105 Å². The Hall–Kier alpha value is -3.41. The lowest BCUT2D eigenvalue weighted by Crippen LogP contribution is -2.08. The van der Waals surface area contributed by atoms with Crippen LogP contribution in [0.4, 0.5) is 0 Å².